The van der Waals surface area contributed by atoms with E-state index in [1.165, 1.54) is 12.1 Å². The predicted molar refractivity (Wildman–Crippen MR) is 82.1 cm³/mol. The number of thioether (sulfide) groups is 1. The Balaban J connectivity index is 2.88. The number of benzene rings is 1. The Morgan fingerprint density at radius 3 is 2.74 bits per heavy atom. The number of halogens is 1. The number of hydrogen-bond donors (Lipinski definition) is 2. The van der Waals surface area contributed by atoms with Gasteiger partial charge in [0.05, 0.1) is 4.90 Å². The smallest absolute Gasteiger partial charge is 0.240 e. The maximum atomic E-state index is 12.2. The molecule has 3 N–H and O–H groups in total. The van der Waals surface area contributed by atoms with Gasteiger partial charge < -0.3 is 5.73 Å². The van der Waals surface area contributed by atoms with Crippen LogP contribution in [-0.4, -0.2) is 26.5 Å². The van der Waals surface area contributed by atoms with Gasteiger partial charge in [-0.1, -0.05) is 11.6 Å². The van der Waals surface area contributed by atoms with Crippen molar-refractivity contribution < 1.29 is 8.42 Å². The lowest BCUT2D eigenvalue weighted by molar-refractivity contribution is 0.557. The van der Waals surface area contributed by atoms with Gasteiger partial charge in [-0.25, -0.2) is 13.1 Å². The quantitative estimate of drug-likeness (QED) is 0.807. The molecule has 0 aliphatic carbocycles. The molecule has 1 atom stereocenters. The van der Waals surface area contributed by atoms with Gasteiger partial charge in [-0.2, -0.15) is 11.8 Å². The molecule has 0 saturated heterocycles. The summed E-state index contributed by atoms with van der Waals surface area (Å²) in [6.45, 7) is 2.07. The summed E-state index contributed by atoms with van der Waals surface area (Å²) in [6.07, 6.45) is 2.78. The fourth-order valence-corrected chi connectivity index (χ4v) is 3.67. The van der Waals surface area contributed by atoms with Crippen LogP contribution in [0.15, 0.2) is 23.1 Å². The van der Waals surface area contributed by atoms with Crippen molar-refractivity contribution in [2.75, 3.05) is 12.0 Å². The van der Waals surface area contributed by atoms with Gasteiger partial charge in [0.15, 0.2) is 0 Å². The summed E-state index contributed by atoms with van der Waals surface area (Å²) < 4.78 is 27.0. The van der Waals surface area contributed by atoms with E-state index in [4.69, 9.17) is 17.3 Å². The first-order valence-electron chi connectivity index (χ1n) is 5.90. The number of rotatable bonds is 7. The van der Waals surface area contributed by atoms with E-state index in [0.29, 0.717) is 10.6 Å². The Labute approximate surface area is 124 Å². The molecule has 1 unspecified atom stereocenters. The second-order valence-corrected chi connectivity index (χ2v) is 7.37. The Morgan fingerprint density at radius 1 is 1.47 bits per heavy atom. The molecule has 0 bridgehead atoms. The summed E-state index contributed by atoms with van der Waals surface area (Å²) in [5.41, 5.74) is 6.15. The van der Waals surface area contributed by atoms with Crippen LogP contribution in [0, 0.1) is 0 Å². The predicted octanol–water partition coefficient (Wildman–Crippen LogP) is 2.22. The molecule has 1 aromatic rings. The minimum Gasteiger partial charge on any atom is -0.326 e. The van der Waals surface area contributed by atoms with Gasteiger partial charge in [0.2, 0.25) is 10.0 Å². The lowest BCUT2D eigenvalue weighted by Gasteiger charge is -2.14. The molecular weight excluding hydrogens is 304 g/mol. The molecular formula is C12H19ClN2O2S2. The van der Waals surface area contributed by atoms with Gasteiger partial charge >= 0.3 is 0 Å². The third kappa shape index (κ3) is 4.96. The zero-order valence-corrected chi connectivity index (χ0v) is 13.4. The van der Waals surface area contributed by atoms with Crippen molar-refractivity contribution in [2.45, 2.75) is 30.8 Å². The van der Waals surface area contributed by atoms with Gasteiger partial charge in [-0.05, 0) is 49.1 Å². The fourth-order valence-electron chi connectivity index (χ4n) is 1.56. The van der Waals surface area contributed by atoms with E-state index in [0.717, 1.165) is 12.2 Å². The summed E-state index contributed by atoms with van der Waals surface area (Å²) in [4.78, 5) is 0.202. The lowest BCUT2D eigenvalue weighted by atomic mass is 10.2. The Morgan fingerprint density at radius 2 is 2.16 bits per heavy atom. The van der Waals surface area contributed by atoms with Crippen molar-refractivity contribution in [1.29, 1.82) is 0 Å². The summed E-state index contributed by atoms with van der Waals surface area (Å²) in [5, 5.41) is 0.483. The first-order valence-corrected chi connectivity index (χ1v) is 9.16. The van der Waals surface area contributed by atoms with Crippen LogP contribution in [0.3, 0.4) is 0 Å². The Kier molecular flexibility index (Phi) is 6.62. The van der Waals surface area contributed by atoms with Crippen LogP contribution < -0.4 is 10.5 Å². The topological polar surface area (TPSA) is 72.2 Å². The monoisotopic (exact) mass is 322 g/mol. The highest BCUT2D eigenvalue weighted by molar-refractivity contribution is 7.98. The van der Waals surface area contributed by atoms with E-state index in [2.05, 4.69) is 4.72 Å². The maximum Gasteiger partial charge on any atom is 0.240 e. The Bertz CT molecular complexity index is 520. The molecule has 0 radical (unpaired) electrons. The third-order valence-corrected chi connectivity index (χ3v) is 5.26. The van der Waals surface area contributed by atoms with Crippen molar-refractivity contribution in [3.8, 4) is 0 Å². The van der Waals surface area contributed by atoms with E-state index in [1.807, 2.05) is 13.2 Å². The average Bonchev–Trinajstić information content (AvgIpc) is 2.36. The minimum atomic E-state index is -3.51. The number of hydrogen-bond acceptors (Lipinski definition) is 4. The van der Waals surface area contributed by atoms with Crippen LogP contribution in [0.2, 0.25) is 5.02 Å². The van der Waals surface area contributed by atoms with Crippen molar-refractivity contribution in [3.05, 3.63) is 28.8 Å². The number of nitrogens with one attached hydrogen (secondary N) is 1. The van der Waals surface area contributed by atoms with Crippen molar-refractivity contribution in [3.63, 3.8) is 0 Å². The number of sulfonamides is 1. The van der Waals surface area contributed by atoms with Gasteiger partial charge in [0, 0.05) is 17.6 Å². The molecule has 0 spiro atoms. The van der Waals surface area contributed by atoms with Gasteiger partial charge in [-0.15, -0.1) is 0 Å². The van der Waals surface area contributed by atoms with Crippen LogP contribution in [0.5, 0.6) is 0 Å². The van der Waals surface area contributed by atoms with Crippen molar-refractivity contribution in [1.82, 2.24) is 4.72 Å². The highest BCUT2D eigenvalue weighted by Crippen LogP contribution is 2.20. The molecule has 0 fully saturated rings. The van der Waals surface area contributed by atoms with E-state index >= 15 is 0 Å². The molecule has 0 aliphatic rings. The van der Waals surface area contributed by atoms with Crippen LogP contribution in [0.1, 0.15) is 18.9 Å². The van der Waals surface area contributed by atoms with E-state index in [1.54, 1.807) is 17.8 Å². The van der Waals surface area contributed by atoms with Crippen LogP contribution in [0.25, 0.3) is 0 Å². The normalized spacial score (nSPS) is 13.5. The zero-order valence-electron chi connectivity index (χ0n) is 11.0. The first kappa shape index (κ1) is 16.8. The fraction of sp³-hybridized carbons (Fsp3) is 0.500. The summed E-state index contributed by atoms with van der Waals surface area (Å²) in [5.74, 6) is 0.915. The molecule has 1 rings (SSSR count). The molecule has 0 amide bonds. The molecule has 0 aliphatic heterocycles. The largest absolute Gasteiger partial charge is 0.326 e. The minimum absolute atomic E-state index is 0.102. The molecule has 0 aromatic heterocycles. The highest BCUT2D eigenvalue weighted by atomic mass is 35.5. The van der Waals surface area contributed by atoms with Crippen LogP contribution in [0.4, 0.5) is 0 Å². The molecule has 19 heavy (non-hydrogen) atoms. The SMILES string of the molecule is CSCCC(C)NS(=O)(=O)c1ccc(Cl)c(CN)c1. The zero-order chi connectivity index (χ0) is 14.5. The van der Waals surface area contributed by atoms with E-state index in [9.17, 15) is 8.42 Å². The molecule has 0 heterocycles. The second-order valence-electron chi connectivity index (χ2n) is 4.26. The van der Waals surface area contributed by atoms with E-state index < -0.39 is 10.0 Å². The molecule has 4 nitrogen and oxygen atoms in total. The Hall–Kier alpha value is -0.270. The standard InChI is InChI=1S/C12H19ClN2O2S2/c1-9(5-6-18-2)15-19(16,17)11-3-4-12(13)10(7-11)8-14/h3-4,7,9,15H,5-6,8,14H2,1-2H3. The average molecular weight is 323 g/mol. The molecule has 108 valence electrons. The van der Waals surface area contributed by atoms with Gasteiger partial charge in [0.1, 0.15) is 0 Å². The lowest BCUT2D eigenvalue weighted by Crippen LogP contribution is -2.33. The van der Waals surface area contributed by atoms with Crippen molar-refractivity contribution >= 4 is 33.4 Å². The van der Waals surface area contributed by atoms with Crippen LogP contribution >= 0.6 is 23.4 Å². The van der Waals surface area contributed by atoms with E-state index in [-0.39, 0.29) is 17.5 Å². The summed E-state index contributed by atoms with van der Waals surface area (Å²) in [6, 6.07) is 4.47. The molecule has 1 aromatic carbocycles. The third-order valence-electron chi connectivity index (χ3n) is 2.66. The molecule has 7 heteroatoms. The first-order chi connectivity index (χ1) is 8.90. The van der Waals surface area contributed by atoms with Gasteiger partial charge in [-0.3, -0.25) is 0 Å². The summed E-state index contributed by atoms with van der Waals surface area (Å²) in [7, 11) is -3.51. The maximum absolute atomic E-state index is 12.2. The highest BCUT2D eigenvalue weighted by Gasteiger charge is 2.18. The number of nitrogens with two attached hydrogens (primary N) is 1. The molecule has 0 saturated carbocycles. The second kappa shape index (κ2) is 7.50. The van der Waals surface area contributed by atoms with Gasteiger partial charge in [0.25, 0.3) is 0 Å². The van der Waals surface area contributed by atoms with Crippen LogP contribution in [-0.2, 0) is 16.6 Å². The summed E-state index contributed by atoms with van der Waals surface area (Å²) >= 11 is 7.61. The van der Waals surface area contributed by atoms with Crippen molar-refractivity contribution in [2.24, 2.45) is 5.73 Å².